The fourth-order valence-corrected chi connectivity index (χ4v) is 1.36. The second-order valence-corrected chi connectivity index (χ2v) is 3.67. The molecule has 82 valence electrons. The van der Waals surface area contributed by atoms with Crippen molar-refractivity contribution in [3.05, 3.63) is 29.3 Å². The summed E-state index contributed by atoms with van der Waals surface area (Å²) in [5.74, 6) is 0.0628. The highest BCUT2D eigenvalue weighted by Crippen LogP contribution is 2.15. The Kier molecular flexibility index (Phi) is 4.16. The average molecular weight is 206 g/mol. The molecule has 3 heteroatoms. The van der Waals surface area contributed by atoms with Crippen molar-refractivity contribution in [1.29, 1.82) is 0 Å². The van der Waals surface area contributed by atoms with Crippen molar-refractivity contribution >= 4 is 11.6 Å². The molecule has 1 aromatic rings. The molecule has 0 saturated carbocycles. The summed E-state index contributed by atoms with van der Waals surface area (Å²) in [5.41, 5.74) is 3.54. The van der Waals surface area contributed by atoms with Gasteiger partial charge in [0.15, 0.2) is 0 Å². The number of amides is 1. The first-order chi connectivity index (χ1) is 7.13. The van der Waals surface area contributed by atoms with Crippen LogP contribution in [0, 0.1) is 13.8 Å². The lowest BCUT2D eigenvalue weighted by Gasteiger charge is -2.09. The predicted molar refractivity (Wildman–Crippen MR) is 63.1 cm³/mol. The number of aryl methyl sites for hydroxylation is 2. The molecule has 3 nitrogen and oxygen atoms in total. The van der Waals surface area contributed by atoms with Gasteiger partial charge in [0.1, 0.15) is 0 Å². The van der Waals surface area contributed by atoms with Gasteiger partial charge in [0, 0.05) is 25.7 Å². The van der Waals surface area contributed by atoms with E-state index < -0.39 is 0 Å². The van der Waals surface area contributed by atoms with E-state index >= 15 is 0 Å². The van der Waals surface area contributed by atoms with E-state index in [1.165, 1.54) is 11.1 Å². The van der Waals surface area contributed by atoms with Gasteiger partial charge in [-0.3, -0.25) is 4.79 Å². The van der Waals surface area contributed by atoms with E-state index in [2.05, 4.69) is 42.7 Å². The topological polar surface area (TPSA) is 41.1 Å². The third-order valence-corrected chi connectivity index (χ3v) is 2.34. The first-order valence-electron chi connectivity index (χ1n) is 5.15. The van der Waals surface area contributed by atoms with E-state index in [0.717, 1.165) is 5.69 Å². The van der Waals surface area contributed by atoms with Crippen molar-refractivity contribution in [2.75, 3.05) is 18.9 Å². The third-order valence-electron chi connectivity index (χ3n) is 2.34. The largest absolute Gasteiger partial charge is 0.384 e. The Morgan fingerprint density at radius 1 is 1.33 bits per heavy atom. The zero-order valence-electron chi connectivity index (χ0n) is 9.55. The number of hydrogen-bond acceptors (Lipinski definition) is 2. The summed E-state index contributed by atoms with van der Waals surface area (Å²) in [6.45, 7) is 4.79. The maximum Gasteiger partial charge on any atom is 0.221 e. The minimum atomic E-state index is 0.0628. The lowest BCUT2D eigenvalue weighted by atomic mass is 10.1. The van der Waals surface area contributed by atoms with Gasteiger partial charge in [-0.25, -0.2) is 0 Å². The van der Waals surface area contributed by atoms with E-state index in [9.17, 15) is 4.79 Å². The van der Waals surface area contributed by atoms with Gasteiger partial charge in [-0.1, -0.05) is 12.1 Å². The van der Waals surface area contributed by atoms with Crippen LogP contribution in [0.3, 0.4) is 0 Å². The second kappa shape index (κ2) is 5.39. The number of rotatable bonds is 4. The molecule has 0 saturated heterocycles. The minimum Gasteiger partial charge on any atom is -0.384 e. The SMILES string of the molecule is CNC(=O)CCNc1cc(C)ccc1C. The van der Waals surface area contributed by atoms with Gasteiger partial charge in [-0.15, -0.1) is 0 Å². The quantitative estimate of drug-likeness (QED) is 0.789. The van der Waals surface area contributed by atoms with Crippen molar-refractivity contribution in [3.63, 3.8) is 0 Å². The van der Waals surface area contributed by atoms with Crippen LogP contribution in [-0.4, -0.2) is 19.5 Å². The van der Waals surface area contributed by atoms with Crippen LogP contribution in [0.5, 0.6) is 0 Å². The number of anilines is 1. The summed E-state index contributed by atoms with van der Waals surface area (Å²) in [7, 11) is 1.65. The highest BCUT2D eigenvalue weighted by molar-refractivity contribution is 5.76. The summed E-state index contributed by atoms with van der Waals surface area (Å²) in [6.07, 6.45) is 0.504. The first-order valence-corrected chi connectivity index (χ1v) is 5.15. The van der Waals surface area contributed by atoms with Crippen molar-refractivity contribution < 1.29 is 4.79 Å². The molecular formula is C12H18N2O. The van der Waals surface area contributed by atoms with Gasteiger partial charge < -0.3 is 10.6 Å². The maximum atomic E-state index is 11.0. The number of carbonyl (C=O) groups excluding carboxylic acids is 1. The van der Waals surface area contributed by atoms with Crippen LogP contribution in [0.2, 0.25) is 0 Å². The normalized spacial score (nSPS) is 9.80. The molecule has 0 aliphatic heterocycles. The lowest BCUT2D eigenvalue weighted by Crippen LogP contribution is -2.20. The molecule has 0 unspecified atom stereocenters. The first kappa shape index (κ1) is 11.6. The molecule has 0 fully saturated rings. The minimum absolute atomic E-state index is 0.0628. The Hall–Kier alpha value is -1.51. The molecule has 0 bridgehead atoms. The highest BCUT2D eigenvalue weighted by Gasteiger charge is 2.00. The van der Waals surface area contributed by atoms with E-state index in [-0.39, 0.29) is 5.91 Å². The van der Waals surface area contributed by atoms with Crippen LogP contribution in [0.4, 0.5) is 5.69 Å². The summed E-state index contributed by atoms with van der Waals surface area (Å²) < 4.78 is 0. The van der Waals surface area contributed by atoms with Gasteiger partial charge in [0.25, 0.3) is 0 Å². The van der Waals surface area contributed by atoms with Crippen LogP contribution in [0.15, 0.2) is 18.2 Å². The molecular weight excluding hydrogens is 188 g/mol. The Labute approximate surface area is 90.9 Å². The predicted octanol–water partition coefficient (Wildman–Crippen LogP) is 1.85. The zero-order valence-corrected chi connectivity index (χ0v) is 9.55. The summed E-state index contributed by atoms with van der Waals surface area (Å²) in [4.78, 5) is 11.0. The number of hydrogen-bond donors (Lipinski definition) is 2. The molecule has 0 aliphatic carbocycles. The zero-order chi connectivity index (χ0) is 11.3. The summed E-state index contributed by atoms with van der Waals surface area (Å²) in [5, 5.41) is 5.86. The van der Waals surface area contributed by atoms with E-state index in [4.69, 9.17) is 0 Å². The molecule has 0 spiro atoms. The van der Waals surface area contributed by atoms with Crippen molar-refractivity contribution in [2.24, 2.45) is 0 Å². The average Bonchev–Trinajstić information content (AvgIpc) is 2.23. The monoisotopic (exact) mass is 206 g/mol. The molecule has 1 aromatic carbocycles. The maximum absolute atomic E-state index is 11.0. The lowest BCUT2D eigenvalue weighted by molar-refractivity contribution is -0.120. The van der Waals surface area contributed by atoms with Crippen molar-refractivity contribution in [2.45, 2.75) is 20.3 Å². The molecule has 2 N–H and O–H groups in total. The number of benzene rings is 1. The van der Waals surface area contributed by atoms with E-state index in [1.54, 1.807) is 7.05 Å². The summed E-state index contributed by atoms with van der Waals surface area (Å²) in [6, 6.07) is 6.26. The second-order valence-electron chi connectivity index (χ2n) is 3.67. The fraction of sp³-hybridized carbons (Fsp3) is 0.417. The molecule has 15 heavy (non-hydrogen) atoms. The Balaban J connectivity index is 2.50. The van der Waals surface area contributed by atoms with Crippen LogP contribution in [0.25, 0.3) is 0 Å². The molecule has 0 aliphatic rings. The molecule has 1 rings (SSSR count). The molecule has 0 aromatic heterocycles. The standard InChI is InChI=1S/C12H18N2O/c1-9-4-5-10(2)11(8-9)14-7-6-12(15)13-3/h4-5,8,14H,6-7H2,1-3H3,(H,13,15). The van der Waals surface area contributed by atoms with Gasteiger partial charge in [0.05, 0.1) is 0 Å². The fourth-order valence-electron chi connectivity index (χ4n) is 1.36. The molecule has 0 heterocycles. The molecule has 1 amide bonds. The Morgan fingerprint density at radius 2 is 2.07 bits per heavy atom. The Bertz CT molecular complexity index is 347. The van der Waals surface area contributed by atoms with E-state index in [1.807, 2.05) is 0 Å². The third kappa shape index (κ3) is 3.62. The van der Waals surface area contributed by atoms with Crippen molar-refractivity contribution in [3.8, 4) is 0 Å². The highest BCUT2D eigenvalue weighted by atomic mass is 16.1. The number of nitrogens with one attached hydrogen (secondary N) is 2. The van der Waals surface area contributed by atoms with Crippen LogP contribution >= 0.6 is 0 Å². The van der Waals surface area contributed by atoms with Gasteiger partial charge in [-0.05, 0) is 31.0 Å². The summed E-state index contributed by atoms with van der Waals surface area (Å²) >= 11 is 0. The van der Waals surface area contributed by atoms with Gasteiger partial charge in [-0.2, -0.15) is 0 Å². The number of carbonyl (C=O) groups is 1. The van der Waals surface area contributed by atoms with Gasteiger partial charge in [0.2, 0.25) is 5.91 Å². The van der Waals surface area contributed by atoms with E-state index in [0.29, 0.717) is 13.0 Å². The Morgan fingerprint density at radius 3 is 2.73 bits per heavy atom. The molecule has 0 atom stereocenters. The van der Waals surface area contributed by atoms with Crippen LogP contribution in [-0.2, 0) is 4.79 Å². The van der Waals surface area contributed by atoms with Gasteiger partial charge >= 0.3 is 0 Å². The van der Waals surface area contributed by atoms with Crippen LogP contribution in [0.1, 0.15) is 17.5 Å². The van der Waals surface area contributed by atoms with Crippen LogP contribution < -0.4 is 10.6 Å². The molecule has 0 radical (unpaired) electrons. The van der Waals surface area contributed by atoms with Crippen molar-refractivity contribution in [1.82, 2.24) is 5.32 Å². The smallest absolute Gasteiger partial charge is 0.221 e.